The largest absolute Gasteiger partial charge is 0.289 e. The number of nitrogens with zero attached hydrogens (tertiary/aromatic N) is 2. The van der Waals surface area contributed by atoms with Crippen LogP contribution in [0.3, 0.4) is 0 Å². The number of carbonyl (C=O) groups is 1. The lowest BCUT2D eigenvalue weighted by molar-refractivity contribution is 0.0950. The lowest BCUT2D eigenvalue weighted by Crippen LogP contribution is -2.19. The summed E-state index contributed by atoms with van der Waals surface area (Å²) in [5.41, 5.74) is 7.06. The minimum atomic E-state index is -0.364. The molecule has 0 aliphatic heterocycles. The summed E-state index contributed by atoms with van der Waals surface area (Å²) in [6, 6.07) is 16.9. The van der Waals surface area contributed by atoms with E-state index >= 15 is 0 Å². The number of amides is 1. The monoisotopic (exact) mass is 352 g/mol. The Hall–Kier alpha value is -2.92. The van der Waals surface area contributed by atoms with Gasteiger partial charge in [0.05, 0.1) is 16.4 Å². The van der Waals surface area contributed by atoms with Crippen LogP contribution in [0.15, 0.2) is 59.7 Å². The van der Waals surface area contributed by atoms with E-state index in [0.29, 0.717) is 16.4 Å². The van der Waals surface area contributed by atoms with E-state index in [0.717, 1.165) is 16.8 Å². The quantitative estimate of drug-likeness (QED) is 0.546. The number of halogens is 1. The highest BCUT2D eigenvalue weighted by Crippen LogP contribution is 2.26. The molecular formula is C19H17ClN4O. The summed E-state index contributed by atoms with van der Waals surface area (Å²) in [7, 11) is 0. The molecule has 2 N–H and O–H groups in total. The minimum Gasteiger partial charge on any atom is -0.272 e. The summed E-state index contributed by atoms with van der Waals surface area (Å²) >= 11 is 6.15. The van der Waals surface area contributed by atoms with Crippen LogP contribution in [-0.2, 0) is 0 Å². The average molecular weight is 353 g/mol. The number of hydrogen-bond donors (Lipinski definition) is 2. The summed E-state index contributed by atoms with van der Waals surface area (Å²) < 4.78 is 0. The van der Waals surface area contributed by atoms with Crippen LogP contribution in [0.4, 0.5) is 0 Å². The maximum atomic E-state index is 12.2. The van der Waals surface area contributed by atoms with E-state index in [2.05, 4.69) is 20.7 Å². The molecule has 5 nitrogen and oxygen atoms in total. The molecule has 0 bridgehead atoms. The Balaban J connectivity index is 1.73. The number of aromatic amines is 1. The molecule has 0 saturated carbocycles. The zero-order chi connectivity index (χ0) is 17.8. The van der Waals surface area contributed by atoms with Gasteiger partial charge >= 0.3 is 0 Å². The molecule has 0 aliphatic rings. The zero-order valence-electron chi connectivity index (χ0n) is 13.9. The van der Waals surface area contributed by atoms with Crippen molar-refractivity contribution in [3.63, 3.8) is 0 Å². The molecule has 0 unspecified atom stereocenters. The van der Waals surface area contributed by atoms with E-state index in [9.17, 15) is 4.79 Å². The third kappa shape index (κ3) is 3.95. The van der Waals surface area contributed by atoms with Gasteiger partial charge < -0.3 is 0 Å². The maximum Gasteiger partial charge on any atom is 0.289 e. The summed E-state index contributed by atoms with van der Waals surface area (Å²) in [5.74, 6) is -0.364. The van der Waals surface area contributed by atoms with Gasteiger partial charge in [-0.1, -0.05) is 59.6 Å². The molecule has 6 heteroatoms. The van der Waals surface area contributed by atoms with Crippen LogP contribution in [0.5, 0.6) is 0 Å². The minimum absolute atomic E-state index is 0.315. The molecule has 2 aromatic carbocycles. The predicted molar refractivity (Wildman–Crippen MR) is 99.9 cm³/mol. The number of nitrogens with one attached hydrogen (secondary N) is 2. The van der Waals surface area contributed by atoms with Crippen LogP contribution >= 0.6 is 11.6 Å². The molecule has 126 valence electrons. The zero-order valence-corrected chi connectivity index (χ0v) is 14.6. The molecule has 1 heterocycles. The van der Waals surface area contributed by atoms with Gasteiger partial charge in [-0.15, -0.1) is 0 Å². The molecule has 3 aromatic rings. The van der Waals surface area contributed by atoms with Crippen LogP contribution in [-0.4, -0.2) is 21.8 Å². The summed E-state index contributed by atoms with van der Waals surface area (Å²) in [5, 5.41) is 11.6. The van der Waals surface area contributed by atoms with Crippen molar-refractivity contribution in [1.82, 2.24) is 15.6 Å². The number of carbonyl (C=O) groups excluding carboxylic acids is 1. The van der Waals surface area contributed by atoms with Crippen LogP contribution in [0.2, 0.25) is 5.02 Å². The number of aryl methyl sites for hydroxylation is 1. The fourth-order valence-electron chi connectivity index (χ4n) is 2.30. The lowest BCUT2D eigenvalue weighted by atomic mass is 10.1. The maximum absolute atomic E-state index is 12.2. The van der Waals surface area contributed by atoms with Gasteiger partial charge in [-0.3, -0.25) is 9.89 Å². The molecular weight excluding hydrogens is 336 g/mol. The van der Waals surface area contributed by atoms with Gasteiger partial charge in [-0.2, -0.15) is 10.2 Å². The first kappa shape index (κ1) is 16.9. The highest BCUT2D eigenvalue weighted by molar-refractivity contribution is 6.33. The lowest BCUT2D eigenvalue weighted by Gasteiger charge is -2.02. The molecule has 0 atom stereocenters. The van der Waals surface area contributed by atoms with Crippen LogP contribution in [0, 0.1) is 6.92 Å². The van der Waals surface area contributed by atoms with Gasteiger partial charge in [0.2, 0.25) is 0 Å². The molecule has 25 heavy (non-hydrogen) atoms. The van der Waals surface area contributed by atoms with E-state index in [1.54, 1.807) is 12.1 Å². The van der Waals surface area contributed by atoms with Crippen LogP contribution in [0.1, 0.15) is 28.5 Å². The van der Waals surface area contributed by atoms with E-state index in [-0.39, 0.29) is 5.91 Å². The Morgan fingerprint density at radius 1 is 1.16 bits per heavy atom. The van der Waals surface area contributed by atoms with Crippen molar-refractivity contribution in [3.8, 4) is 11.3 Å². The Morgan fingerprint density at radius 2 is 1.88 bits per heavy atom. The average Bonchev–Trinajstić information content (AvgIpc) is 3.10. The van der Waals surface area contributed by atoms with Crippen molar-refractivity contribution in [1.29, 1.82) is 0 Å². The summed E-state index contributed by atoms with van der Waals surface area (Å²) in [6.07, 6.45) is 0. The first-order valence-electron chi connectivity index (χ1n) is 7.76. The topological polar surface area (TPSA) is 70.1 Å². The molecule has 1 amide bonds. The SMILES string of the molecule is CC(=NNC(=O)c1cc(-c2ccccc2Cl)n[nH]1)c1ccc(C)cc1. The first-order valence-corrected chi connectivity index (χ1v) is 8.14. The predicted octanol–water partition coefficient (Wildman–Crippen LogP) is 4.19. The Morgan fingerprint density at radius 3 is 2.60 bits per heavy atom. The van der Waals surface area contributed by atoms with Crippen molar-refractivity contribution >= 4 is 23.2 Å². The fourth-order valence-corrected chi connectivity index (χ4v) is 2.53. The van der Waals surface area contributed by atoms with Gasteiger partial charge in [0.15, 0.2) is 0 Å². The second kappa shape index (κ2) is 7.32. The third-order valence-corrected chi connectivity index (χ3v) is 4.10. The highest BCUT2D eigenvalue weighted by Gasteiger charge is 2.12. The molecule has 3 rings (SSSR count). The van der Waals surface area contributed by atoms with Crippen molar-refractivity contribution < 1.29 is 4.79 Å². The number of benzene rings is 2. The molecule has 0 aliphatic carbocycles. The highest BCUT2D eigenvalue weighted by atomic mass is 35.5. The van der Waals surface area contributed by atoms with Gasteiger partial charge in [0, 0.05) is 5.56 Å². The molecule has 0 fully saturated rings. The summed E-state index contributed by atoms with van der Waals surface area (Å²) in [6.45, 7) is 3.86. The number of hydrogen-bond acceptors (Lipinski definition) is 3. The number of aromatic nitrogens is 2. The number of hydrazone groups is 1. The third-order valence-electron chi connectivity index (χ3n) is 3.77. The Bertz CT molecular complexity index is 929. The van der Waals surface area contributed by atoms with E-state index in [1.807, 2.05) is 56.3 Å². The Kier molecular flexibility index (Phi) is 4.95. The smallest absolute Gasteiger partial charge is 0.272 e. The van der Waals surface area contributed by atoms with E-state index in [1.165, 1.54) is 5.56 Å². The van der Waals surface area contributed by atoms with Crippen molar-refractivity contribution in [2.24, 2.45) is 5.10 Å². The van der Waals surface area contributed by atoms with Crippen molar-refractivity contribution in [2.45, 2.75) is 13.8 Å². The molecule has 0 radical (unpaired) electrons. The number of H-pyrrole nitrogens is 1. The fraction of sp³-hybridized carbons (Fsp3) is 0.105. The van der Waals surface area contributed by atoms with Crippen molar-refractivity contribution in [3.05, 3.63) is 76.4 Å². The van der Waals surface area contributed by atoms with Gasteiger partial charge in [-0.25, -0.2) is 5.43 Å². The second-order valence-corrected chi connectivity index (χ2v) is 6.06. The van der Waals surface area contributed by atoms with Crippen LogP contribution in [0.25, 0.3) is 11.3 Å². The Labute approximate surface area is 150 Å². The van der Waals surface area contributed by atoms with Crippen molar-refractivity contribution in [2.75, 3.05) is 0 Å². The standard InChI is InChI=1S/C19H17ClN4O/c1-12-7-9-14(10-8-12)13(2)21-24-19(25)18-11-17(22-23-18)15-5-3-4-6-16(15)20/h3-11H,1-2H3,(H,22,23)(H,24,25). The number of rotatable bonds is 4. The van der Waals surface area contributed by atoms with Gasteiger partial charge in [0.25, 0.3) is 5.91 Å². The normalized spacial score (nSPS) is 11.4. The van der Waals surface area contributed by atoms with E-state index in [4.69, 9.17) is 11.6 Å². The molecule has 0 saturated heterocycles. The van der Waals surface area contributed by atoms with Gasteiger partial charge in [0.1, 0.15) is 5.69 Å². The van der Waals surface area contributed by atoms with Gasteiger partial charge in [-0.05, 0) is 31.5 Å². The molecule has 0 spiro atoms. The van der Waals surface area contributed by atoms with E-state index < -0.39 is 0 Å². The van der Waals surface area contributed by atoms with Crippen LogP contribution < -0.4 is 5.43 Å². The summed E-state index contributed by atoms with van der Waals surface area (Å²) in [4.78, 5) is 12.2. The second-order valence-electron chi connectivity index (χ2n) is 5.65. The molecule has 1 aromatic heterocycles. The first-order chi connectivity index (χ1) is 12.0.